The number of nitrogens with one attached hydrogen (secondary N) is 1. The second-order valence-electron chi connectivity index (χ2n) is 4.73. The molecule has 1 heterocycles. The van der Waals surface area contributed by atoms with E-state index >= 15 is 0 Å². The van der Waals surface area contributed by atoms with Gasteiger partial charge in [-0.1, -0.05) is 12.1 Å². The molecule has 98 valence electrons. The normalized spacial score (nSPS) is 23.6. The van der Waals surface area contributed by atoms with Crippen molar-refractivity contribution < 1.29 is 14.6 Å². The SMILES string of the molecule is COc1cccc(C2CNCCC2CC(=O)O)c1. The summed E-state index contributed by atoms with van der Waals surface area (Å²) in [6, 6.07) is 7.92. The molecule has 2 atom stereocenters. The number of rotatable bonds is 4. The van der Waals surface area contributed by atoms with Gasteiger partial charge in [-0.3, -0.25) is 4.79 Å². The van der Waals surface area contributed by atoms with Crippen LogP contribution in [0.3, 0.4) is 0 Å². The van der Waals surface area contributed by atoms with Crippen LogP contribution in [0.4, 0.5) is 0 Å². The molecule has 1 aliphatic rings. The van der Waals surface area contributed by atoms with Gasteiger partial charge in [0.2, 0.25) is 0 Å². The lowest BCUT2D eigenvalue weighted by atomic mass is 9.79. The van der Waals surface area contributed by atoms with E-state index in [-0.39, 0.29) is 18.3 Å². The van der Waals surface area contributed by atoms with Gasteiger partial charge in [-0.15, -0.1) is 0 Å². The van der Waals surface area contributed by atoms with Crippen LogP contribution in [0.15, 0.2) is 24.3 Å². The molecule has 0 saturated carbocycles. The van der Waals surface area contributed by atoms with Gasteiger partial charge in [-0.2, -0.15) is 0 Å². The largest absolute Gasteiger partial charge is 0.497 e. The molecule has 18 heavy (non-hydrogen) atoms. The fourth-order valence-electron chi connectivity index (χ4n) is 2.64. The molecule has 1 aromatic carbocycles. The van der Waals surface area contributed by atoms with Crippen molar-refractivity contribution in [3.8, 4) is 5.75 Å². The van der Waals surface area contributed by atoms with Gasteiger partial charge >= 0.3 is 5.97 Å². The van der Waals surface area contributed by atoms with Crippen LogP contribution < -0.4 is 10.1 Å². The maximum atomic E-state index is 10.9. The first-order valence-corrected chi connectivity index (χ1v) is 6.27. The molecule has 4 nitrogen and oxygen atoms in total. The Bertz CT molecular complexity index is 419. The third-order valence-corrected chi connectivity index (χ3v) is 3.58. The van der Waals surface area contributed by atoms with E-state index in [9.17, 15) is 4.79 Å². The van der Waals surface area contributed by atoms with Gasteiger partial charge in [-0.25, -0.2) is 0 Å². The number of ether oxygens (including phenoxy) is 1. The molecule has 2 unspecified atom stereocenters. The number of carboxylic acid groups (broad SMARTS) is 1. The minimum Gasteiger partial charge on any atom is -0.497 e. The Balaban J connectivity index is 2.19. The van der Waals surface area contributed by atoms with E-state index in [0.29, 0.717) is 0 Å². The van der Waals surface area contributed by atoms with Crippen molar-refractivity contribution in [2.24, 2.45) is 5.92 Å². The fraction of sp³-hybridized carbons (Fsp3) is 0.500. The molecule has 0 bridgehead atoms. The summed E-state index contributed by atoms with van der Waals surface area (Å²) < 4.78 is 5.23. The third-order valence-electron chi connectivity index (χ3n) is 3.58. The first-order valence-electron chi connectivity index (χ1n) is 6.27. The molecule has 2 rings (SSSR count). The summed E-state index contributed by atoms with van der Waals surface area (Å²) in [4.78, 5) is 10.9. The van der Waals surface area contributed by atoms with Gasteiger partial charge in [-0.05, 0) is 42.5 Å². The molecule has 1 aliphatic heterocycles. The highest BCUT2D eigenvalue weighted by molar-refractivity contribution is 5.67. The molecule has 4 heteroatoms. The second kappa shape index (κ2) is 5.87. The molecule has 0 spiro atoms. The van der Waals surface area contributed by atoms with Crippen LogP contribution in [0, 0.1) is 5.92 Å². The molecule has 1 aromatic rings. The minimum absolute atomic E-state index is 0.204. The van der Waals surface area contributed by atoms with Crippen molar-refractivity contribution in [1.82, 2.24) is 5.32 Å². The average Bonchev–Trinajstić information content (AvgIpc) is 2.39. The van der Waals surface area contributed by atoms with Crippen LogP contribution in [0.5, 0.6) is 5.75 Å². The van der Waals surface area contributed by atoms with E-state index in [1.165, 1.54) is 0 Å². The Morgan fingerprint density at radius 1 is 1.56 bits per heavy atom. The predicted molar refractivity (Wildman–Crippen MR) is 69.0 cm³/mol. The van der Waals surface area contributed by atoms with Gasteiger partial charge in [0.1, 0.15) is 5.75 Å². The Morgan fingerprint density at radius 3 is 3.11 bits per heavy atom. The van der Waals surface area contributed by atoms with Crippen molar-refractivity contribution >= 4 is 5.97 Å². The Kier molecular flexibility index (Phi) is 4.20. The number of carbonyl (C=O) groups is 1. The van der Waals surface area contributed by atoms with Crippen molar-refractivity contribution in [3.05, 3.63) is 29.8 Å². The van der Waals surface area contributed by atoms with Crippen molar-refractivity contribution in [3.63, 3.8) is 0 Å². The summed E-state index contributed by atoms with van der Waals surface area (Å²) in [7, 11) is 1.65. The van der Waals surface area contributed by atoms with Crippen molar-refractivity contribution in [2.45, 2.75) is 18.8 Å². The zero-order valence-corrected chi connectivity index (χ0v) is 10.6. The van der Waals surface area contributed by atoms with Gasteiger partial charge in [0.15, 0.2) is 0 Å². The summed E-state index contributed by atoms with van der Waals surface area (Å²) in [6.07, 6.45) is 1.15. The maximum absolute atomic E-state index is 10.9. The van der Waals surface area contributed by atoms with Crippen LogP contribution in [0.25, 0.3) is 0 Å². The molecule has 0 radical (unpaired) electrons. The number of hydrogen-bond acceptors (Lipinski definition) is 3. The van der Waals surface area contributed by atoms with Crippen molar-refractivity contribution in [2.75, 3.05) is 20.2 Å². The molecule has 0 amide bonds. The zero-order chi connectivity index (χ0) is 13.0. The predicted octanol–water partition coefficient (Wildman–Crippen LogP) is 1.86. The molecule has 0 aliphatic carbocycles. The maximum Gasteiger partial charge on any atom is 0.303 e. The molecule has 0 aromatic heterocycles. The number of aliphatic carboxylic acids is 1. The van der Waals surface area contributed by atoms with Crippen LogP contribution in [0.2, 0.25) is 0 Å². The smallest absolute Gasteiger partial charge is 0.303 e. The number of carboxylic acids is 1. The summed E-state index contributed by atoms with van der Waals surface area (Å²) in [5.74, 6) is 0.572. The Hall–Kier alpha value is -1.55. The van der Waals surface area contributed by atoms with E-state index in [1.54, 1.807) is 7.11 Å². The first kappa shape index (κ1) is 12.9. The third kappa shape index (κ3) is 3.01. The summed E-state index contributed by atoms with van der Waals surface area (Å²) in [5, 5.41) is 12.3. The van der Waals surface area contributed by atoms with Crippen LogP contribution in [-0.2, 0) is 4.79 Å². The zero-order valence-electron chi connectivity index (χ0n) is 10.6. The fourth-order valence-corrected chi connectivity index (χ4v) is 2.64. The van der Waals surface area contributed by atoms with E-state index < -0.39 is 5.97 Å². The van der Waals surface area contributed by atoms with E-state index in [1.807, 2.05) is 18.2 Å². The monoisotopic (exact) mass is 249 g/mol. The quantitative estimate of drug-likeness (QED) is 0.855. The van der Waals surface area contributed by atoms with Gasteiger partial charge in [0.25, 0.3) is 0 Å². The van der Waals surface area contributed by atoms with Crippen molar-refractivity contribution in [1.29, 1.82) is 0 Å². The molecular formula is C14H19NO3. The Labute approximate surface area is 107 Å². The lowest BCUT2D eigenvalue weighted by molar-refractivity contribution is -0.138. The Morgan fingerprint density at radius 2 is 2.39 bits per heavy atom. The summed E-state index contributed by atoms with van der Waals surface area (Å²) in [6.45, 7) is 1.74. The highest BCUT2D eigenvalue weighted by Gasteiger charge is 2.28. The molecule has 1 saturated heterocycles. The molecule has 2 N–H and O–H groups in total. The lowest BCUT2D eigenvalue weighted by Crippen LogP contribution is -2.36. The van der Waals surface area contributed by atoms with Crippen LogP contribution in [0.1, 0.15) is 24.3 Å². The topological polar surface area (TPSA) is 58.6 Å². The average molecular weight is 249 g/mol. The van der Waals surface area contributed by atoms with E-state index in [4.69, 9.17) is 9.84 Å². The first-order chi connectivity index (χ1) is 8.70. The van der Waals surface area contributed by atoms with Gasteiger partial charge in [0.05, 0.1) is 7.11 Å². The molecule has 1 fully saturated rings. The van der Waals surface area contributed by atoms with Gasteiger partial charge in [0, 0.05) is 13.0 Å². The minimum atomic E-state index is -0.713. The number of piperidine rings is 1. The second-order valence-corrected chi connectivity index (χ2v) is 4.73. The highest BCUT2D eigenvalue weighted by Crippen LogP contribution is 2.33. The lowest BCUT2D eigenvalue weighted by Gasteiger charge is -2.31. The standard InChI is InChI=1S/C14H19NO3/c1-18-12-4-2-3-10(7-12)13-9-15-6-5-11(13)8-14(16)17/h2-4,7,11,13,15H,5-6,8-9H2,1H3,(H,16,17). The van der Waals surface area contributed by atoms with Crippen LogP contribution in [-0.4, -0.2) is 31.3 Å². The highest BCUT2D eigenvalue weighted by atomic mass is 16.5. The number of methoxy groups -OCH3 is 1. The number of benzene rings is 1. The van der Waals surface area contributed by atoms with Gasteiger partial charge < -0.3 is 15.2 Å². The summed E-state index contributed by atoms with van der Waals surface area (Å²) >= 11 is 0. The van der Waals surface area contributed by atoms with Crippen LogP contribution >= 0.6 is 0 Å². The summed E-state index contributed by atoms with van der Waals surface area (Å²) in [5.41, 5.74) is 1.16. The van der Waals surface area contributed by atoms with E-state index in [0.717, 1.165) is 30.8 Å². The van der Waals surface area contributed by atoms with E-state index in [2.05, 4.69) is 11.4 Å². The molecular weight excluding hydrogens is 230 g/mol. The number of hydrogen-bond donors (Lipinski definition) is 2.